The van der Waals surface area contributed by atoms with Crippen LogP contribution in [-0.2, 0) is 4.74 Å². The zero-order valence-electron chi connectivity index (χ0n) is 11.6. The lowest BCUT2D eigenvalue weighted by Crippen LogP contribution is -2.44. The molecule has 3 unspecified atom stereocenters. The van der Waals surface area contributed by atoms with E-state index in [1.807, 2.05) is 0 Å². The van der Waals surface area contributed by atoms with E-state index in [2.05, 4.69) is 19.3 Å². The highest BCUT2D eigenvalue weighted by atomic mass is 16.5. The molecule has 0 aromatic carbocycles. The van der Waals surface area contributed by atoms with Crippen molar-refractivity contribution in [3.05, 3.63) is 0 Å². The van der Waals surface area contributed by atoms with Crippen LogP contribution in [0.1, 0.15) is 58.3 Å². The Morgan fingerprint density at radius 3 is 2.47 bits per heavy atom. The van der Waals surface area contributed by atoms with Crippen LogP contribution in [0.25, 0.3) is 0 Å². The van der Waals surface area contributed by atoms with E-state index in [9.17, 15) is 0 Å². The molecule has 0 spiro atoms. The molecule has 2 heteroatoms. The number of hydrogen-bond donors (Lipinski definition) is 1. The molecule has 0 aliphatic heterocycles. The monoisotopic (exact) mass is 239 g/mol. The molecule has 0 saturated heterocycles. The van der Waals surface area contributed by atoms with Crippen molar-refractivity contribution in [1.82, 2.24) is 5.32 Å². The minimum Gasteiger partial charge on any atom is -0.376 e. The Balaban J connectivity index is 1.77. The largest absolute Gasteiger partial charge is 0.376 e. The predicted molar refractivity (Wildman–Crippen MR) is 72.2 cm³/mol. The van der Waals surface area contributed by atoms with E-state index in [4.69, 9.17) is 4.74 Å². The summed E-state index contributed by atoms with van der Waals surface area (Å²) in [6.07, 6.45) is 11.4. The number of likely N-dealkylation sites (N-methyl/N-ethyl adjacent to an activating group) is 1. The van der Waals surface area contributed by atoms with Gasteiger partial charge in [0.25, 0.3) is 0 Å². The lowest BCUT2D eigenvalue weighted by molar-refractivity contribution is -0.0235. The first-order chi connectivity index (χ1) is 8.33. The van der Waals surface area contributed by atoms with E-state index in [1.54, 1.807) is 0 Å². The van der Waals surface area contributed by atoms with Crippen molar-refractivity contribution in [3.63, 3.8) is 0 Å². The average Bonchev–Trinajstić information content (AvgIpc) is 2.89. The highest BCUT2D eigenvalue weighted by molar-refractivity contribution is 4.85. The average molecular weight is 239 g/mol. The smallest absolute Gasteiger partial charge is 0.0730 e. The van der Waals surface area contributed by atoms with Crippen molar-refractivity contribution in [2.45, 2.75) is 70.4 Å². The summed E-state index contributed by atoms with van der Waals surface area (Å²) < 4.78 is 6.24. The van der Waals surface area contributed by atoms with Gasteiger partial charge in [-0.25, -0.2) is 0 Å². The van der Waals surface area contributed by atoms with Crippen molar-refractivity contribution < 1.29 is 4.74 Å². The summed E-state index contributed by atoms with van der Waals surface area (Å²) in [7, 11) is 2.09. The molecule has 1 N–H and O–H groups in total. The molecule has 17 heavy (non-hydrogen) atoms. The molecule has 0 amide bonds. The molecule has 3 atom stereocenters. The van der Waals surface area contributed by atoms with Crippen LogP contribution >= 0.6 is 0 Å². The van der Waals surface area contributed by atoms with Gasteiger partial charge < -0.3 is 10.1 Å². The van der Waals surface area contributed by atoms with Crippen molar-refractivity contribution in [1.29, 1.82) is 0 Å². The molecule has 0 bridgehead atoms. The summed E-state index contributed by atoms with van der Waals surface area (Å²) in [5, 5.41) is 3.45. The Morgan fingerprint density at radius 2 is 1.82 bits per heavy atom. The normalized spacial score (nSPS) is 35.3. The Kier molecular flexibility index (Phi) is 5.30. The van der Waals surface area contributed by atoms with E-state index < -0.39 is 0 Å². The van der Waals surface area contributed by atoms with Gasteiger partial charge in [0.15, 0.2) is 0 Å². The molecule has 2 nitrogen and oxygen atoms in total. The van der Waals surface area contributed by atoms with E-state index in [0.717, 1.165) is 18.4 Å². The first kappa shape index (κ1) is 13.4. The van der Waals surface area contributed by atoms with Crippen LogP contribution in [0.3, 0.4) is 0 Å². The first-order valence-electron chi connectivity index (χ1n) is 7.62. The van der Waals surface area contributed by atoms with Crippen molar-refractivity contribution in [3.8, 4) is 0 Å². The fraction of sp³-hybridized carbons (Fsp3) is 1.00. The van der Waals surface area contributed by atoms with E-state index in [-0.39, 0.29) is 0 Å². The van der Waals surface area contributed by atoms with Gasteiger partial charge in [-0.2, -0.15) is 0 Å². The van der Waals surface area contributed by atoms with Crippen molar-refractivity contribution in [2.24, 2.45) is 11.8 Å². The van der Waals surface area contributed by atoms with Crippen LogP contribution in [0, 0.1) is 11.8 Å². The molecule has 0 radical (unpaired) electrons. The Morgan fingerprint density at radius 1 is 1.06 bits per heavy atom. The molecule has 0 heterocycles. The van der Waals surface area contributed by atoms with E-state index in [1.165, 1.54) is 51.4 Å². The number of hydrogen-bond acceptors (Lipinski definition) is 2. The second-order valence-corrected chi connectivity index (χ2v) is 6.00. The summed E-state index contributed by atoms with van der Waals surface area (Å²) in [6.45, 7) is 3.33. The molecular weight excluding hydrogens is 210 g/mol. The summed E-state index contributed by atoms with van der Waals surface area (Å²) in [4.78, 5) is 0. The molecule has 2 fully saturated rings. The second-order valence-electron chi connectivity index (χ2n) is 6.00. The fourth-order valence-electron chi connectivity index (χ4n) is 3.53. The molecule has 2 rings (SSSR count). The van der Waals surface area contributed by atoms with Gasteiger partial charge in [0.05, 0.1) is 6.10 Å². The van der Waals surface area contributed by atoms with E-state index in [0.29, 0.717) is 12.1 Å². The topological polar surface area (TPSA) is 21.3 Å². The maximum absolute atomic E-state index is 6.24. The third-order valence-electron chi connectivity index (χ3n) is 4.87. The molecule has 0 aromatic rings. The molecule has 2 aliphatic carbocycles. The summed E-state index contributed by atoms with van der Waals surface area (Å²) in [5.41, 5.74) is 0. The van der Waals surface area contributed by atoms with Crippen LogP contribution in [0.4, 0.5) is 0 Å². The molecular formula is C15H29NO. The van der Waals surface area contributed by atoms with Crippen LogP contribution in [-0.4, -0.2) is 25.8 Å². The number of nitrogens with one attached hydrogen (secondary N) is 1. The Hall–Kier alpha value is -0.0800. The lowest BCUT2D eigenvalue weighted by Gasteiger charge is -2.36. The molecule has 100 valence electrons. The minimum absolute atomic E-state index is 0.472. The maximum atomic E-state index is 6.24. The van der Waals surface area contributed by atoms with Gasteiger partial charge in [-0.3, -0.25) is 0 Å². The first-order valence-corrected chi connectivity index (χ1v) is 7.62. The quantitative estimate of drug-likeness (QED) is 0.794. The van der Waals surface area contributed by atoms with Crippen LogP contribution < -0.4 is 5.32 Å². The third kappa shape index (κ3) is 3.69. The zero-order chi connectivity index (χ0) is 12.1. The second kappa shape index (κ2) is 6.75. The fourth-order valence-corrected chi connectivity index (χ4v) is 3.53. The minimum atomic E-state index is 0.472. The van der Waals surface area contributed by atoms with Crippen LogP contribution in [0.5, 0.6) is 0 Å². The van der Waals surface area contributed by atoms with E-state index >= 15 is 0 Å². The Labute approximate surface area is 107 Å². The highest BCUT2D eigenvalue weighted by Gasteiger charge is 2.30. The lowest BCUT2D eigenvalue weighted by atomic mass is 9.82. The SMILES string of the molecule is CCC1CCC(NC)C(OCC2CCCC2)C1. The predicted octanol–water partition coefficient (Wildman–Crippen LogP) is 3.36. The van der Waals surface area contributed by atoms with Gasteiger partial charge in [-0.15, -0.1) is 0 Å². The van der Waals surface area contributed by atoms with Crippen molar-refractivity contribution in [2.75, 3.05) is 13.7 Å². The summed E-state index contributed by atoms with van der Waals surface area (Å²) >= 11 is 0. The standard InChI is InChI=1S/C15H29NO/c1-3-12-8-9-14(16-2)15(10-12)17-11-13-6-4-5-7-13/h12-16H,3-11H2,1-2H3. The molecule has 2 aliphatic rings. The number of ether oxygens (including phenoxy) is 1. The van der Waals surface area contributed by atoms with Gasteiger partial charge >= 0.3 is 0 Å². The van der Waals surface area contributed by atoms with Crippen molar-refractivity contribution >= 4 is 0 Å². The zero-order valence-corrected chi connectivity index (χ0v) is 11.6. The maximum Gasteiger partial charge on any atom is 0.0730 e. The van der Waals surface area contributed by atoms with Gasteiger partial charge in [0.2, 0.25) is 0 Å². The summed E-state index contributed by atoms with van der Waals surface area (Å²) in [5.74, 6) is 1.75. The van der Waals surface area contributed by atoms with Gasteiger partial charge in [0.1, 0.15) is 0 Å². The highest BCUT2D eigenvalue weighted by Crippen LogP contribution is 2.31. The third-order valence-corrected chi connectivity index (χ3v) is 4.87. The van der Waals surface area contributed by atoms with Gasteiger partial charge in [-0.1, -0.05) is 26.2 Å². The summed E-state index contributed by atoms with van der Waals surface area (Å²) in [6, 6.07) is 0.596. The number of rotatable bonds is 5. The Bertz CT molecular complexity index is 213. The van der Waals surface area contributed by atoms with Crippen LogP contribution in [0.2, 0.25) is 0 Å². The van der Waals surface area contributed by atoms with Crippen LogP contribution in [0.15, 0.2) is 0 Å². The molecule has 0 aromatic heterocycles. The molecule has 2 saturated carbocycles. The van der Waals surface area contributed by atoms with Gasteiger partial charge in [-0.05, 0) is 51.0 Å². The van der Waals surface area contributed by atoms with Gasteiger partial charge in [0, 0.05) is 12.6 Å².